The molecule has 1 aliphatic rings. The molecule has 1 aromatic rings. The Morgan fingerprint density at radius 3 is 2.55 bits per heavy atom. The molecule has 0 bridgehead atoms. The average Bonchev–Trinajstić information content (AvgIpc) is 2.41. The van der Waals surface area contributed by atoms with E-state index in [4.69, 9.17) is 0 Å². The zero-order chi connectivity index (χ0) is 14.8. The zero-order valence-electron chi connectivity index (χ0n) is 12.2. The van der Waals surface area contributed by atoms with Crippen molar-refractivity contribution in [2.24, 2.45) is 5.92 Å². The smallest absolute Gasteiger partial charge is 0.243 e. The van der Waals surface area contributed by atoms with Crippen LogP contribution in [-0.2, 0) is 23.1 Å². The van der Waals surface area contributed by atoms with Crippen LogP contribution in [0.25, 0.3) is 0 Å². The van der Waals surface area contributed by atoms with Gasteiger partial charge in [0.1, 0.15) is 0 Å². The number of hydrogen-bond acceptors (Lipinski definition) is 3. The molecule has 4 nitrogen and oxygen atoms in total. The molecule has 0 aromatic heterocycles. The summed E-state index contributed by atoms with van der Waals surface area (Å²) in [6.07, 6.45) is 4.12. The van der Waals surface area contributed by atoms with Crippen molar-refractivity contribution in [2.75, 3.05) is 13.6 Å². The molecule has 1 aliphatic carbocycles. The highest BCUT2D eigenvalue weighted by Gasteiger charge is 2.28. The maximum atomic E-state index is 12.7. The van der Waals surface area contributed by atoms with E-state index in [2.05, 4.69) is 0 Å². The summed E-state index contributed by atoms with van der Waals surface area (Å²) in [6, 6.07) is 5.19. The van der Waals surface area contributed by atoms with E-state index in [1.807, 2.05) is 6.92 Å². The number of benzene rings is 1. The van der Waals surface area contributed by atoms with Gasteiger partial charge in [0.05, 0.1) is 11.5 Å². The summed E-state index contributed by atoms with van der Waals surface area (Å²) in [5.41, 5.74) is 1.44. The van der Waals surface area contributed by atoms with Crippen LogP contribution >= 0.6 is 0 Å². The number of aliphatic hydroxyl groups is 1. The van der Waals surface area contributed by atoms with Crippen LogP contribution in [0.1, 0.15) is 37.3 Å². The van der Waals surface area contributed by atoms with Crippen molar-refractivity contribution >= 4 is 10.0 Å². The van der Waals surface area contributed by atoms with Gasteiger partial charge in [-0.25, -0.2) is 12.7 Å². The van der Waals surface area contributed by atoms with E-state index in [1.165, 1.54) is 10.7 Å². The second kappa shape index (κ2) is 6.24. The van der Waals surface area contributed by atoms with Crippen LogP contribution in [0.5, 0.6) is 0 Å². The molecule has 1 N–H and O–H groups in total. The fraction of sp³-hybridized carbons (Fsp3) is 0.600. The molecule has 112 valence electrons. The molecule has 0 atom stereocenters. The van der Waals surface area contributed by atoms with Gasteiger partial charge in [0.2, 0.25) is 10.0 Å². The first-order valence-electron chi connectivity index (χ1n) is 7.18. The third-order valence-electron chi connectivity index (χ3n) is 4.12. The standard InChI is InChI=1S/C15H23NO3S/c1-3-14-8-7-13(11-17)9-15(14)20(18,19)16(2)10-12-5-4-6-12/h7-9,12,17H,3-6,10-11H2,1-2H3. The second-order valence-electron chi connectivity index (χ2n) is 5.54. The first kappa shape index (κ1) is 15.5. The number of rotatable bonds is 6. The molecule has 0 radical (unpaired) electrons. The molecule has 5 heteroatoms. The SMILES string of the molecule is CCc1ccc(CO)cc1S(=O)(=O)N(C)CC1CCC1. The van der Waals surface area contributed by atoms with Crippen LogP contribution < -0.4 is 0 Å². The van der Waals surface area contributed by atoms with Crippen molar-refractivity contribution in [2.45, 2.75) is 44.1 Å². The van der Waals surface area contributed by atoms with Crippen LogP contribution in [0.15, 0.2) is 23.1 Å². The Hall–Kier alpha value is -0.910. The van der Waals surface area contributed by atoms with E-state index >= 15 is 0 Å². The molecular weight excluding hydrogens is 274 g/mol. The number of hydrogen-bond donors (Lipinski definition) is 1. The van der Waals surface area contributed by atoms with Crippen molar-refractivity contribution in [3.8, 4) is 0 Å². The van der Waals surface area contributed by atoms with Crippen molar-refractivity contribution in [1.29, 1.82) is 0 Å². The van der Waals surface area contributed by atoms with Crippen molar-refractivity contribution in [3.63, 3.8) is 0 Å². The van der Waals surface area contributed by atoms with E-state index in [0.29, 0.717) is 29.3 Å². The maximum absolute atomic E-state index is 12.7. The maximum Gasteiger partial charge on any atom is 0.243 e. The molecule has 0 spiro atoms. The number of aliphatic hydroxyl groups excluding tert-OH is 1. The summed E-state index contributed by atoms with van der Waals surface area (Å²) in [7, 11) is -1.81. The van der Waals surface area contributed by atoms with Gasteiger partial charge in [0, 0.05) is 13.6 Å². The Kier molecular flexibility index (Phi) is 4.83. The highest BCUT2D eigenvalue weighted by molar-refractivity contribution is 7.89. The normalized spacial score (nSPS) is 16.4. The molecule has 0 unspecified atom stereocenters. The number of sulfonamides is 1. The minimum Gasteiger partial charge on any atom is -0.392 e. The molecule has 0 saturated heterocycles. The summed E-state index contributed by atoms with van der Waals surface area (Å²) in [4.78, 5) is 0.341. The molecule has 2 rings (SSSR count). The molecule has 0 heterocycles. The lowest BCUT2D eigenvalue weighted by atomic mass is 9.86. The average molecular weight is 297 g/mol. The van der Waals surface area contributed by atoms with Gasteiger partial charge in [-0.05, 0) is 42.4 Å². The summed E-state index contributed by atoms with van der Waals surface area (Å²) in [5, 5.41) is 9.21. The lowest BCUT2D eigenvalue weighted by molar-refractivity contribution is 0.262. The monoisotopic (exact) mass is 297 g/mol. The van der Waals surface area contributed by atoms with Crippen molar-refractivity contribution in [1.82, 2.24) is 4.31 Å². The van der Waals surface area contributed by atoms with E-state index in [9.17, 15) is 13.5 Å². The minimum absolute atomic E-state index is 0.140. The third kappa shape index (κ3) is 3.05. The zero-order valence-corrected chi connectivity index (χ0v) is 13.0. The summed E-state index contributed by atoms with van der Waals surface area (Å²) in [5.74, 6) is 0.501. The molecule has 1 saturated carbocycles. The fourth-order valence-corrected chi connectivity index (χ4v) is 4.12. The number of nitrogens with zero attached hydrogens (tertiary/aromatic N) is 1. The summed E-state index contributed by atoms with van der Waals surface area (Å²) < 4.78 is 26.9. The van der Waals surface area contributed by atoms with Gasteiger partial charge < -0.3 is 5.11 Å². The van der Waals surface area contributed by atoms with Gasteiger partial charge in [0.25, 0.3) is 0 Å². The molecular formula is C15H23NO3S. The van der Waals surface area contributed by atoms with Gasteiger partial charge in [0.15, 0.2) is 0 Å². The van der Waals surface area contributed by atoms with Gasteiger partial charge in [-0.2, -0.15) is 0 Å². The van der Waals surface area contributed by atoms with E-state index in [1.54, 1.807) is 25.2 Å². The Labute approximate surface area is 121 Å². The summed E-state index contributed by atoms with van der Waals surface area (Å²) >= 11 is 0. The molecule has 0 amide bonds. The van der Waals surface area contributed by atoms with Crippen LogP contribution in [0.3, 0.4) is 0 Å². The van der Waals surface area contributed by atoms with Crippen LogP contribution in [-0.4, -0.2) is 31.4 Å². The summed E-state index contributed by atoms with van der Waals surface area (Å²) in [6.45, 7) is 2.40. The topological polar surface area (TPSA) is 57.6 Å². The Bertz CT molecular complexity index is 564. The Morgan fingerprint density at radius 2 is 2.05 bits per heavy atom. The minimum atomic E-state index is -3.46. The quantitative estimate of drug-likeness (QED) is 0.875. The lowest BCUT2D eigenvalue weighted by Gasteiger charge is -2.30. The van der Waals surface area contributed by atoms with Gasteiger partial charge in [-0.3, -0.25) is 0 Å². The number of aryl methyl sites for hydroxylation is 1. The van der Waals surface area contributed by atoms with Crippen LogP contribution in [0.2, 0.25) is 0 Å². The van der Waals surface area contributed by atoms with E-state index in [-0.39, 0.29) is 6.61 Å². The third-order valence-corrected chi connectivity index (χ3v) is 6.03. The predicted octanol–water partition coefficient (Wildman–Crippen LogP) is 2.16. The Balaban J connectivity index is 2.31. The van der Waals surface area contributed by atoms with Gasteiger partial charge in [-0.1, -0.05) is 25.5 Å². The highest BCUT2D eigenvalue weighted by Crippen LogP contribution is 2.29. The first-order valence-corrected chi connectivity index (χ1v) is 8.62. The molecule has 1 aromatic carbocycles. The Morgan fingerprint density at radius 1 is 1.35 bits per heavy atom. The van der Waals surface area contributed by atoms with E-state index in [0.717, 1.165) is 18.4 Å². The molecule has 0 aliphatic heterocycles. The highest BCUT2D eigenvalue weighted by atomic mass is 32.2. The van der Waals surface area contributed by atoms with Gasteiger partial charge >= 0.3 is 0 Å². The largest absolute Gasteiger partial charge is 0.392 e. The molecule has 20 heavy (non-hydrogen) atoms. The fourth-order valence-electron chi connectivity index (χ4n) is 2.53. The van der Waals surface area contributed by atoms with Gasteiger partial charge in [-0.15, -0.1) is 0 Å². The first-order chi connectivity index (χ1) is 9.48. The van der Waals surface area contributed by atoms with Crippen LogP contribution in [0.4, 0.5) is 0 Å². The lowest BCUT2D eigenvalue weighted by Crippen LogP contribution is -2.34. The van der Waals surface area contributed by atoms with Crippen molar-refractivity contribution in [3.05, 3.63) is 29.3 Å². The predicted molar refractivity (Wildman–Crippen MR) is 78.9 cm³/mol. The molecule has 1 fully saturated rings. The van der Waals surface area contributed by atoms with Crippen LogP contribution in [0, 0.1) is 5.92 Å². The van der Waals surface area contributed by atoms with Crippen molar-refractivity contribution < 1.29 is 13.5 Å². The second-order valence-corrected chi connectivity index (χ2v) is 7.55. The van der Waals surface area contributed by atoms with E-state index < -0.39 is 10.0 Å².